The number of ketones is 1. The topological polar surface area (TPSA) is 171 Å². The zero-order chi connectivity index (χ0) is 32.9. The van der Waals surface area contributed by atoms with E-state index in [4.69, 9.17) is 5.73 Å². The van der Waals surface area contributed by atoms with E-state index in [0.717, 1.165) is 32.1 Å². The van der Waals surface area contributed by atoms with Gasteiger partial charge < -0.3 is 31.5 Å². The monoisotopic (exact) mass is 616 g/mol. The molecule has 0 bridgehead atoms. The maximum Gasteiger partial charge on any atom is 0.316 e. The van der Waals surface area contributed by atoms with E-state index in [-0.39, 0.29) is 41.0 Å². The summed E-state index contributed by atoms with van der Waals surface area (Å²) in [6.45, 7) is 13.7. The van der Waals surface area contributed by atoms with Gasteiger partial charge in [0.1, 0.15) is 18.1 Å². The van der Waals surface area contributed by atoms with Crippen molar-refractivity contribution in [2.45, 2.75) is 117 Å². The van der Waals surface area contributed by atoms with Gasteiger partial charge in [-0.05, 0) is 53.8 Å². The number of likely N-dealkylation sites (N-methyl/N-ethyl adjacent to an activating group) is 1. The van der Waals surface area contributed by atoms with Crippen molar-refractivity contribution < 1.29 is 28.8 Å². The maximum atomic E-state index is 14.2. The minimum Gasteiger partial charge on any atom is -0.363 e. The highest BCUT2D eigenvalue weighted by Crippen LogP contribution is 2.65. The number of primary amides is 1. The van der Waals surface area contributed by atoms with E-state index in [2.05, 4.69) is 29.8 Å². The zero-order valence-corrected chi connectivity index (χ0v) is 27.6. The number of Topliss-reactive ketones (excluding diaryl/α,β-unsaturated/α-hetero) is 1. The first kappa shape index (κ1) is 33.7. The summed E-state index contributed by atoms with van der Waals surface area (Å²) in [4.78, 5) is 82.2. The van der Waals surface area contributed by atoms with Crippen LogP contribution in [0.25, 0.3) is 0 Å². The van der Waals surface area contributed by atoms with Gasteiger partial charge in [0, 0.05) is 19.6 Å². The number of likely N-dealkylation sites (tertiary alicyclic amines) is 1. The van der Waals surface area contributed by atoms with E-state index in [9.17, 15) is 28.8 Å². The van der Waals surface area contributed by atoms with Gasteiger partial charge in [0.05, 0.1) is 6.04 Å². The predicted molar refractivity (Wildman–Crippen MR) is 164 cm³/mol. The van der Waals surface area contributed by atoms with Crippen molar-refractivity contribution in [3.05, 3.63) is 0 Å². The summed E-state index contributed by atoms with van der Waals surface area (Å²) in [5, 5.41) is 8.41. The van der Waals surface area contributed by atoms with Gasteiger partial charge in [-0.15, -0.1) is 0 Å². The molecule has 1 unspecified atom stereocenters. The fourth-order valence-corrected chi connectivity index (χ4v) is 7.04. The summed E-state index contributed by atoms with van der Waals surface area (Å²) in [7, 11) is 1.75. The number of urea groups is 1. The van der Waals surface area contributed by atoms with Crippen LogP contribution in [0.15, 0.2) is 0 Å². The Morgan fingerprint density at radius 2 is 1.59 bits per heavy atom. The molecule has 246 valence electrons. The molecule has 1 saturated heterocycles. The van der Waals surface area contributed by atoms with Crippen molar-refractivity contribution in [2.24, 2.45) is 40.2 Å². The van der Waals surface area contributed by atoms with Crippen LogP contribution in [-0.4, -0.2) is 89.0 Å². The molecule has 0 aromatic heterocycles. The summed E-state index contributed by atoms with van der Waals surface area (Å²) in [6.07, 6.45) is 5.11. The summed E-state index contributed by atoms with van der Waals surface area (Å²) in [5.74, 6) is -2.98. The fourth-order valence-electron chi connectivity index (χ4n) is 7.04. The van der Waals surface area contributed by atoms with Gasteiger partial charge in [-0.3, -0.25) is 24.0 Å². The first-order chi connectivity index (χ1) is 20.4. The van der Waals surface area contributed by atoms with Crippen LogP contribution < -0.4 is 21.7 Å². The van der Waals surface area contributed by atoms with Crippen molar-refractivity contribution in [1.29, 1.82) is 0 Å². The Labute approximate surface area is 261 Å². The molecule has 1 heterocycles. The van der Waals surface area contributed by atoms with Gasteiger partial charge in [-0.2, -0.15) is 0 Å². The Hall–Kier alpha value is -3.18. The number of fused-ring (bicyclic) bond motifs is 1. The first-order valence-corrected chi connectivity index (χ1v) is 16.1. The number of nitrogens with two attached hydrogens (primary N) is 1. The molecule has 4 aliphatic rings. The normalized spacial score (nSPS) is 26.0. The second kappa shape index (κ2) is 12.3. The standard InChI is InChI=1S/C32H52N6O6/c1-16(2)22(28(42)37(8)18-12-13-18)35-30(44)36-25(31(3,4)5)29(43)38-15-19-21(32(19,6)7)23(38)27(41)34-20(24(39)26(33)40)14-17-10-9-11-17/h16-23,25H,9-15H2,1-8H3,(H2,33,40)(H,34,41)(H2,35,36,44)/t19-,20?,21-,22-,23-,25+/m0/s1. The van der Waals surface area contributed by atoms with Gasteiger partial charge in [-0.25, -0.2) is 4.79 Å². The Kier molecular flexibility index (Phi) is 9.43. The zero-order valence-electron chi connectivity index (χ0n) is 27.6. The number of amides is 6. The molecule has 6 atom stereocenters. The van der Waals surface area contributed by atoms with Crippen LogP contribution in [0.4, 0.5) is 4.79 Å². The lowest BCUT2D eigenvalue weighted by atomic mass is 9.80. The Bertz CT molecular complexity index is 1190. The lowest BCUT2D eigenvalue weighted by molar-refractivity contribution is -0.145. The van der Waals surface area contributed by atoms with Crippen LogP contribution in [0.5, 0.6) is 0 Å². The predicted octanol–water partition coefficient (Wildman–Crippen LogP) is 1.56. The van der Waals surface area contributed by atoms with Gasteiger partial charge in [0.15, 0.2) is 0 Å². The Morgan fingerprint density at radius 1 is 0.977 bits per heavy atom. The number of hydrogen-bond acceptors (Lipinski definition) is 6. The molecule has 4 fully saturated rings. The molecule has 3 saturated carbocycles. The van der Waals surface area contributed by atoms with Crippen molar-refractivity contribution in [1.82, 2.24) is 25.8 Å². The van der Waals surface area contributed by atoms with Crippen LogP contribution >= 0.6 is 0 Å². The highest BCUT2D eigenvalue weighted by molar-refractivity contribution is 6.37. The largest absolute Gasteiger partial charge is 0.363 e. The van der Waals surface area contributed by atoms with Gasteiger partial charge in [-0.1, -0.05) is 67.7 Å². The minimum atomic E-state index is -1.09. The molecule has 0 radical (unpaired) electrons. The lowest BCUT2D eigenvalue weighted by Crippen LogP contribution is -2.62. The summed E-state index contributed by atoms with van der Waals surface area (Å²) in [6, 6.07) is -4.10. The van der Waals surface area contributed by atoms with E-state index < -0.39 is 59.1 Å². The molecule has 1 aliphatic heterocycles. The molecule has 5 N–H and O–H groups in total. The van der Waals surface area contributed by atoms with Crippen molar-refractivity contribution in [2.75, 3.05) is 13.6 Å². The van der Waals surface area contributed by atoms with Gasteiger partial charge in [0.2, 0.25) is 23.5 Å². The van der Waals surface area contributed by atoms with Crippen LogP contribution in [0, 0.1) is 34.5 Å². The third-order valence-corrected chi connectivity index (χ3v) is 10.5. The summed E-state index contributed by atoms with van der Waals surface area (Å²) in [5.41, 5.74) is 4.41. The highest BCUT2D eigenvalue weighted by Gasteiger charge is 2.70. The van der Waals surface area contributed by atoms with E-state index in [1.54, 1.807) is 11.9 Å². The number of piperidine rings is 1. The quantitative estimate of drug-likeness (QED) is 0.242. The van der Waals surface area contributed by atoms with Gasteiger partial charge >= 0.3 is 6.03 Å². The number of carbonyl (C=O) groups is 6. The molecular weight excluding hydrogens is 564 g/mol. The smallest absolute Gasteiger partial charge is 0.316 e. The van der Waals surface area contributed by atoms with E-state index >= 15 is 0 Å². The lowest BCUT2D eigenvalue weighted by Gasteiger charge is -2.38. The van der Waals surface area contributed by atoms with Crippen LogP contribution in [0.1, 0.15) is 87.0 Å². The van der Waals surface area contributed by atoms with Crippen LogP contribution in [-0.2, 0) is 24.0 Å². The van der Waals surface area contributed by atoms with Crippen LogP contribution in [0.2, 0.25) is 0 Å². The Balaban J connectivity index is 1.51. The number of nitrogens with zero attached hydrogens (tertiary/aromatic N) is 2. The molecule has 0 spiro atoms. The SMILES string of the molecule is CC(C)[C@H](NC(=O)N[C@H](C(=O)N1C[C@H]2[C@@H]([C@H]1C(=O)NC(CC1CCC1)C(=O)C(N)=O)C2(C)C)C(C)(C)C)C(=O)N(C)C1CC1. The number of rotatable bonds is 12. The maximum absolute atomic E-state index is 14.2. The molecule has 44 heavy (non-hydrogen) atoms. The van der Waals surface area contributed by atoms with Crippen molar-refractivity contribution in [3.63, 3.8) is 0 Å². The number of hydrogen-bond donors (Lipinski definition) is 4. The average molecular weight is 617 g/mol. The third kappa shape index (κ3) is 6.88. The summed E-state index contributed by atoms with van der Waals surface area (Å²) < 4.78 is 0. The molecule has 6 amide bonds. The second-order valence-electron chi connectivity index (χ2n) is 15.5. The minimum absolute atomic E-state index is 0.0782. The molecule has 4 rings (SSSR count). The molecule has 12 nitrogen and oxygen atoms in total. The highest BCUT2D eigenvalue weighted by atomic mass is 16.2. The second-order valence-corrected chi connectivity index (χ2v) is 15.5. The average Bonchev–Trinajstić information content (AvgIpc) is 3.78. The molecule has 0 aromatic rings. The molecule has 12 heteroatoms. The third-order valence-electron chi connectivity index (χ3n) is 10.5. The number of carbonyl (C=O) groups excluding carboxylic acids is 6. The van der Waals surface area contributed by atoms with Crippen LogP contribution in [0.3, 0.4) is 0 Å². The summed E-state index contributed by atoms with van der Waals surface area (Å²) >= 11 is 0. The van der Waals surface area contributed by atoms with Crippen molar-refractivity contribution in [3.8, 4) is 0 Å². The van der Waals surface area contributed by atoms with E-state index in [1.807, 2.05) is 34.6 Å². The van der Waals surface area contributed by atoms with Crippen molar-refractivity contribution >= 4 is 35.4 Å². The van der Waals surface area contributed by atoms with E-state index in [0.29, 0.717) is 13.0 Å². The molecule has 3 aliphatic carbocycles. The van der Waals surface area contributed by atoms with Gasteiger partial charge in [0.25, 0.3) is 5.91 Å². The molecular formula is C32H52N6O6. The number of nitrogens with one attached hydrogen (secondary N) is 3. The Morgan fingerprint density at radius 3 is 2.07 bits per heavy atom. The van der Waals surface area contributed by atoms with E-state index in [1.165, 1.54) is 4.90 Å². The first-order valence-electron chi connectivity index (χ1n) is 16.1. The molecule has 0 aromatic carbocycles. The fraction of sp³-hybridized carbons (Fsp3) is 0.812.